The van der Waals surface area contributed by atoms with Gasteiger partial charge in [0.05, 0.1) is 6.10 Å². The molecule has 0 rings (SSSR count). The Kier molecular flexibility index (Phi) is 15.4. The maximum Gasteiger partial charge on any atom is 0.302 e. The molecule has 0 bridgehead atoms. The van der Waals surface area contributed by atoms with Crippen LogP contribution in [0.2, 0.25) is 0 Å². The van der Waals surface area contributed by atoms with E-state index in [1.165, 1.54) is 45.4 Å². The Bertz CT molecular complexity index is 291. The van der Waals surface area contributed by atoms with Crippen molar-refractivity contribution in [1.29, 1.82) is 0 Å². The zero-order chi connectivity index (χ0) is 17.3. The standard InChI is InChI=1S/C19H36O4/c1-3-4-5-6-7-8-9-10-11-12-13-18(22)16-19(14-15-20)23-17(2)21/h3,18-20,22H,1,4-16H2,2H3/t18-,19-/m1/s1. The monoisotopic (exact) mass is 328 g/mol. The molecule has 0 saturated heterocycles. The Morgan fingerprint density at radius 3 is 2.13 bits per heavy atom. The lowest BCUT2D eigenvalue weighted by Crippen LogP contribution is -2.24. The second-order valence-corrected chi connectivity index (χ2v) is 6.33. The van der Waals surface area contributed by atoms with Gasteiger partial charge in [-0.05, 0) is 19.3 Å². The summed E-state index contributed by atoms with van der Waals surface area (Å²) in [6, 6.07) is 0. The van der Waals surface area contributed by atoms with Crippen molar-refractivity contribution in [2.24, 2.45) is 0 Å². The highest BCUT2D eigenvalue weighted by Crippen LogP contribution is 2.15. The largest absolute Gasteiger partial charge is 0.462 e. The van der Waals surface area contributed by atoms with Crippen LogP contribution in [0.1, 0.15) is 84.0 Å². The third-order valence-corrected chi connectivity index (χ3v) is 4.01. The summed E-state index contributed by atoms with van der Waals surface area (Å²) >= 11 is 0. The number of rotatable bonds is 16. The van der Waals surface area contributed by atoms with E-state index >= 15 is 0 Å². The fourth-order valence-electron chi connectivity index (χ4n) is 2.75. The van der Waals surface area contributed by atoms with Gasteiger partial charge in [-0.2, -0.15) is 0 Å². The average Bonchev–Trinajstić information content (AvgIpc) is 2.48. The molecule has 0 fully saturated rings. The molecule has 0 radical (unpaired) electrons. The number of carbonyl (C=O) groups is 1. The molecule has 4 nitrogen and oxygen atoms in total. The summed E-state index contributed by atoms with van der Waals surface area (Å²) in [5.41, 5.74) is 0. The van der Waals surface area contributed by atoms with Gasteiger partial charge < -0.3 is 14.9 Å². The zero-order valence-electron chi connectivity index (χ0n) is 14.8. The first-order valence-corrected chi connectivity index (χ1v) is 9.17. The highest BCUT2D eigenvalue weighted by molar-refractivity contribution is 5.66. The van der Waals surface area contributed by atoms with Crippen molar-refractivity contribution < 1.29 is 19.7 Å². The molecule has 0 aromatic carbocycles. The number of esters is 1. The third kappa shape index (κ3) is 15.8. The molecule has 0 spiro atoms. The Labute approximate surface area is 141 Å². The maximum absolute atomic E-state index is 11.0. The minimum absolute atomic E-state index is 0.0303. The van der Waals surface area contributed by atoms with Gasteiger partial charge in [0.2, 0.25) is 0 Å². The first kappa shape index (κ1) is 22.1. The van der Waals surface area contributed by atoms with Crippen LogP contribution >= 0.6 is 0 Å². The van der Waals surface area contributed by atoms with E-state index in [0.29, 0.717) is 12.8 Å². The number of hydrogen-bond acceptors (Lipinski definition) is 4. The van der Waals surface area contributed by atoms with Crippen LogP contribution in [-0.2, 0) is 9.53 Å². The molecule has 0 saturated carbocycles. The second kappa shape index (κ2) is 16.0. The number of unbranched alkanes of at least 4 members (excludes halogenated alkanes) is 8. The predicted molar refractivity (Wildman–Crippen MR) is 94.2 cm³/mol. The van der Waals surface area contributed by atoms with Crippen molar-refractivity contribution in [3.05, 3.63) is 12.7 Å². The number of carbonyl (C=O) groups excluding carboxylic acids is 1. The second-order valence-electron chi connectivity index (χ2n) is 6.33. The molecule has 23 heavy (non-hydrogen) atoms. The first-order chi connectivity index (χ1) is 11.1. The average molecular weight is 328 g/mol. The third-order valence-electron chi connectivity index (χ3n) is 4.01. The molecule has 0 heterocycles. The normalized spacial score (nSPS) is 13.5. The van der Waals surface area contributed by atoms with Crippen LogP contribution in [0, 0.1) is 0 Å². The summed E-state index contributed by atoms with van der Waals surface area (Å²) in [5, 5.41) is 19.0. The van der Waals surface area contributed by atoms with E-state index in [0.717, 1.165) is 25.7 Å². The molecule has 0 aliphatic heterocycles. The van der Waals surface area contributed by atoms with Crippen LogP contribution in [0.25, 0.3) is 0 Å². The van der Waals surface area contributed by atoms with E-state index in [4.69, 9.17) is 9.84 Å². The van der Waals surface area contributed by atoms with Crippen LogP contribution in [0.5, 0.6) is 0 Å². The lowest BCUT2D eigenvalue weighted by atomic mass is 10.0. The Hall–Kier alpha value is -0.870. The van der Waals surface area contributed by atoms with E-state index in [1.807, 2.05) is 6.08 Å². The summed E-state index contributed by atoms with van der Waals surface area (Å²) in [5.74, 6) is -0.358. The summed E-state index contributed by atoms with van der Waals surface area (Å²) in [4.78, 5) is 11.0. The maximum atomic E-state index is 11.0. The van der Waals surface area contributed by atoms with Gasteiger partial charge in [0.25, 0.3) is 0 Å². The van der Waals surface area contributed by atoms with E-state index < -0.39 is 6.10 Å². The van der Waals surface area contributed by atoms with Crippen LogP contribution < -0.4 is 0 Å². The minimum Gasteiger partial charge on any atom is -0.462 e. The van der Waals surface area contributed by atoms with Crippen molar-refractivity contribution >= 4 is 5.97 Å². The van der Waals surface area contributed by atoms with E-state index in [-0.39, 0.29) is 18.7 Å². The van der Waals surface area contributed by atoms with Crippen LogP contribution in [0.3, 0.4) is 0 Å². The fourth-order valence-corrected chi connectivity index (χ4v) is 2.75. The molecule has 2 N–H and O–H groups in total. The smallest absolute Gasteiger partial charge is 0.302 e. The van der Waals surface area contributed by atoms with Crippen LogP contribution in [0.15, 0.2) is 12.7 Å². The molecule has 0 amide bonds. The lowest BCUT2D eigenvalue weighted by molar-refractivity contribution is -0.148. The van der Waals surface area contributed by atoms with Gasteiger partial charge in [-0.15, -0.1) is 6.58 Å². The molecule has 4 heteroatoms. The zero-order valence-corrected chi connectivity index (χ0v) is 14.8. The molecule has 2 atom stereocenters. The molecular weight excluding hydrogens is 292 g/mol. The number of aliphatic hydroxyl groups excluding tert-OH is 2. The van der Waals surface area contributed by atoms with Gasteiger partial charge in [-0.25, -0.2) is 0 Å². The fraction of sp³-hybridized carbons (Fsp3) is 0.842. The van der Waals surface area contributed by atoms with Gasteiger partial charge in [-0.1, -0.05) is 51.0 Å². The van der Waals surface area contributed by atoms with Gasteiger partial charge in [0.15, 0.2) is 0 Å². The summed E-state index contributed by atoms with van der Waals surface area (Å²) in [7, 11) is 0. The quantitative estimate of drug-likeness (QED) is 0.254. The molecule has 136 valence electrons. The summed E-state index contributed by atoms with van der Waals surface area (Å²) < 4.78 is 5.10. The first-order valence-electron chi connectivity index (χ1n) is 9.17. The molecule has 0 unspecified atom stereocenters. The van der Waals surface area contributed by atoms with Crippen LogP contribution in [-0.4, -0.2) is 35.0 Å². The van der Waals surface area contributed by atoms with Gasteiger partial charge in [-0.3, -0.25) is 4.79 Å². The summed E-state index contributed by atoms with van der Waals surface area (Å²) in [6.07, 6.45) is 13.6. The van der Waals surface area contributed by atoms with Crippen molar-refractivity contribution in [2.75, 3.05) is 6.61 Å². The highest BCUT2D eigenvalue weighted by atomic mass is 16.5. The minimum atomic E-state index is -0.454. The van der Waals surface area contributed by atoms with Gasteiger partial charge in [0.1, 0.15) is 6.10 Å². The van der Waals surface area contributed by atoms with Gasteiger partial charge in [0, 0.05) is 26.4 Å². The van der Waals surface area contributed by atoms with Crippen molar-refractivity contribution in [2.45, 2.75) is 96.2 Å². The van der Waals surface area contributed by atoms with E-state index in [9.17, 15) is 9.90 Å². The molecule has 0 aromatic heterocycles. The molecule has 0 aliphatic carbocycles. The van der Waals surface area contributed by atoms with Gasteiger partial charge >= 0.3 is 5.97 Å². The predicted octanol–water partition coefficient (Wildman–Crippen LogP) is 4.14. The van der Waals surface area contributed by atoms with Crippen molar-refractivity contribution in [3.63, 3.8) is 0 Å². The topological polar surface area (TPSA) is 66.8 Å². The number of allylic oxidation sites excluding steroid dienone is 1. The Morgan fingerprint density at radius 2 is 1.61 bits per heavy atom. The lowest BCUT2D eigenvalue weighted by Gasteiger charge is -2.19. The molecule has 0 aromatic rings. The van der Waals surface area contributed by atoms with Crippen molar-refractivity contribution in [1.82, 2.24) is 0 Å². The molecular formula is C19H36O4. The van der Waals surface area contributed by atoms with E-state index in [1.54, 1.807) is 0 Å². The molecule has 0 aliphatic rings. The number of ether oxygens (including phenoxy) is 1. The Balaban J connectivity index is 3.52. The van der Waals surface area contributed by atoms with Crippen molar-refractivity contribution in [3.8, 4) is 0 Å². The van der Waals surface area contributed by atoms with Crippen LogP contribution in [0.4, 0.5) is 0 Å². The highest BCUT2D eigenvalue weighted by Gasteiger charge is 2.16. The van der Waals surface area contributed by atoms with E-state index in [2.05, 4.69) is 6.58 Å². The number of hydrogen-bond donors (Lipinski definition) is 2. The Morgan fingerprint density at radius 1 is 1.04 bits per heavy atom. The summed E-state index contributed by atoms with van der Waals surface area (Å²) in [6.45, 7) is 5.05. The number of aliphatic hydroxyl groups is 2. The SMILES string of the molecule is C=CCCCCCCCCCC[C@@H](O)C[C@@H](CCO)OC(C)=O.